The number of nitrogens with one attached hydrogen (secondary N) is 1. The zero-order chi connectivity index (χ0) is 19.8. The second kappa shape index (κ2) is 8.14. The molecule has 2 fully saturated rings. The third-order valence-electron chi connectivity index (χ3n) is 6.35. The van der Waals surface area contributed by atoms with E-state index >= 15 is 0 Å². The minimum absolute atomic E-state index is 0.331. The van der Waals surface area contributed by atoms with Gasteiger partial charge in [0.25, 0.3) is 0 Å². The van der Waals surface area contributed by atoms with Gasteiger partial charge in [0.15, 0.2) is 6.10 Å². The standard InChI is InChI=1S/C20H26N4O4S/c25-20(26)15-9-14-16(10-28-15)29-19-17(14)18(21-11-22-19)23-12-1-3-13(4-2-12)24-5-7-27-8-6-24/h11-13,15H,1-10H2,(H,25,26)(H,21,22,23). The molecule has 156 valence electrons. The van der Waals surface area contributed by atoms with Crippen molar-refractivity contribution in [3.05, 3.63) is 16.8 Å². The van der Waals surface area contributed by atoms with Gasteiger partial charge >= 0.3 is 5.97 Å². The molecule has 0 bridgehead atoms. The molecule has 0 radical (unpaired) electrons. The van der Waals surface area contributed by atoms with Crippen LogP contribution in [0.4, 0.5) is 5.82 Å². The van der Waals surface area contributed by atoms with E-state index in [-0.39, 0.29) is 0 Å². The Kier molecular flexibility index (Phi) is 5.38. The molecule has 1 aliphatic carbocycles. The quantitative estimate of drug-likeness (QED) is 0.781. The van der Waals surface area contributed by atoms with E-state index in [1.165, 1.54) is 12.8 Å². The topological polar surface area (TPSA) is 96.8 Å². The van der Waals surface area contributed by atoms with Crippen LogP contribution in [0.2, 0.25) is 0 Å². The van der Waals surface area contributed by atoms with Gasteiger partial charge in [-0.05, 0) is 31.2 Å². The first-order valence-electron chi connectivity index (χ1n) is 10.4. The van der Waals surface area contributed by atoms with Crippen molar-refractivity contribution in [2.24, 2.45) is 0 Å². The maximum atomic E-state index is 11.4. The van der Waals surface area contributed by atoms with E-state index < -0.39 is 12.1 Å². The number of hydrogen-bond donors (Lipinski definition) is 2. The molecule has 1 unspecified atom stereocenters. The van der Waals surface area contributed by atoms with Gasteiger partial charge in [0.05, 0.1) is 25.2 Å². The van der Waals surface area contributed by atoms with Crippen molar-refractivity contribution in [1.29, 1.82) is 0 Å². The third kappa shape index (κ3) is 3.84. The Hall–Kier alpha value is -1.81. The number of rotatable bonds is 4. The summed E-state index contributed by atoms with van der Waals surface area (Å²) in [7, 11) is 0. The molecule has 3 aliphatic rings. The highest BCUT2D eigenvalue weighted by Crippen LogP contribution is 2.38. The van der Waals surface area contributed by atoms with Gasteiger partial charge in [-0.3, -0.25) is 4.90 Å². The lowest BCUT2D eigenvalue weighted by Crippen LogP contribution is -2.46. The lowest BCUT2D eigenvalue weighted by atomic mass is 9.90. The van der Waals surface area contributed by atoms with Crippen molar-refractivity contribution in [3.8, 4) is 0 Å². The molecule has 2 N–H and O–H groups in total. The second-order valence-electron chi connectivity index (χ2n) is 8.05. The van der Waals surface area contributed by atoms with Gasteiger partial charge in [-0.15, -0.1) is 11.3 Å². The van der Waals surface area contributed by atoms with E-state index in [0.29, 0.717) is 25.1 Å². The van der Waals surface area contributed by atoms with Crippen molar-refractivity contribution in [1.82, 2.24) is 14.9 Å². The number of hydrogen-bond acceptors (Lipinski definition) is 8. The molecule has 2 aromatic heterocycles. The van der Waals surface area contributed by atoms with E-state index in [1.807, 2.05) is 0 Å². The SMILES string of the molecule is O=C(O)C1Cc2c(sc3ncnc(NC4CCC(N5CCOCC5)CC4)c23)CO1. The molecule has 1 saturated heterocycles. The Morgan fingerprint density at radius 2 is 2.00 bits per heavy atom. The predicted octanol–water partition coefficient (Wildman–Crippen LogP) is 2.27. The smallest absolute Gasteiger partial charge is 0.333 e. The fourth-order valence-corrected chi connectivity index (χ4v) is 5.87. The molecule has 1 saturated carbocycles. The largest absolute Gasteiger partial charge is 0.479 e. The fourth-order valence-electron chi connectivity index (χ4n) is 4.78. The van der Waals surface area contributed by atoms with Crippen LogP contribution < -0.4 is 5.32 Å². The fraction of sp³-hybridized carbons (Fsp3) is 0.650. The number of carbonyl (C=O) groups is 1. The normalized spacial score (nSPS) is 28.2. The third-order valence-corrected chi connectivity index (χ3v) is 7.46. The summed E-state index contributed by atoms with van der Waals surface area (Å²) in [5, 5.41) is 14.0. The molecule has 9 heteroatoms. The van der Waals surface area contributed by atoms with Gasteiger partial charge in [-0.1, -0.05) is 0 Å². The van der Waals surface area contributed by atoms with Crippen LogP contribution in [0.15, 0.2) is 6.33 Å². The first kappa shape index (κ1) is 19.2. The molecule has 0 amide bonds. The van der Waals surface area contributed by atoms with E-state index in [9.17, 15) is 9.90 Å². The predicted molar refractivity (Wildman–Crippen MR) is 109 cm³/mol. The zero-order valence-corrected chi connectivity index (χ0v) is 17.1. The minimum atomic E-state index is -0.914. The number of ether oxygens (including phenoxy) is 2. The maximum absolute atomic E-state index is 11.4. The van der Waals surface area contributed by atoms with Crippen molar-refractivity contribution >= 4 is 33.3 Å². The lowest BCUT2D eigenvalue weighted by molar-refractivity contribution is -0.151. The molecule has 4 heterocycles. The number of thiophene rings is 1. The Labute approximate surface area is 173 Å². The van der Waals surface area contributed by atoms with Gasteiger partial charge in [-0.2, -0.15) is 0 Å². The number of carboxylic acids is 1. The van der Waals surface area contributed by atoms with Crippen molar-refractivity contribution in [3.63, 3.8) is 0 Å². The van der Waals surface area contributed by atoms with Gasteiger partial charge in [0, 0.05) is 36.5 Å². The van der Waals surface area contributed by atoms with Gasteiger partial charge < -0.3 is 19.9 Å². The summed E-state index contributed by atoms with van der Waals surface area (Å²) < 4.78 is 11.0. The number of nitrogens with zero attached hydrogens (tertiary/aromatic N) is 3. The van der Waals surface area contributed by atoms with Crippen molar-refractivity contribution < 1.29 is 19.4 Å². The van der Waals surface area contributed by atoms with Gasteiger partial charge in [0.1, 0.15) is 17.0 Å². The average molecular weight is 419 g/mol. The molecule has 5 rings (SSSR count). The van der Waals surface area contributed by atoms with Gasteiger partial charge in [-0.25, -0.2) is 14.8 Å². The number of aliphatic carboxylic acids is 1. The summed E-state index contributed by atoms with van der Waals surface area (Å²) in [5.41, 5.74) is 1.04. The highest BCUT2D eigenvalue weighted by molar-refractivity contribution is 7.18. The van der Waals surface area contributed by atoms with Crippen LogP contribution in [0.1, 0.15) is 36.1 Å². The van der Waals surface area contributed by atoms with E-state index in [1.54, 1.807) is 17.7 Å². The number of fused-ring (bicyclic) bond motifs is 3. The van der Waals surface area contributed by atoms with E-state index in [0.717, 1.165) is 65.6 Å². The van der Waals surface area contributed by atoms with Crippen LogP contribution in [-0.4, -0.2) is 70.4 Å². The molecule has 1 atom stereocenters. The summed E-state index contributed by atoms with van der Waals surface area (Å²) in [4.78, 5) is 24.9. The summed E-state index contributed by atoms with van der Waals surface area (Å²) in [6.07, 6.45) is 5.77. The van der Waals surface area contributed by atoms with Crippen LogP contribution >= 0.6 is 11.3 Å². The summed E-state index contributed by atoms with van der Waals surface area (Å²) in [5.74, 6) is -0.0730. The van der Waals surface area contributed by atoms with E-state index in [4.69, 9.17) is 9.47 Å². The van der Waals surface area contributed by atoms with E-state index in [2.05, 4.69) is 20.2 Å². The van der Waals surface area contributed by atoms with Crippen molar-refractivity contribution in [2.45, 2.75) is 56.9 Å². The van der Waals surface area contributed by atoms with Crippen LogP contribution in [0.25, 0.3) is 10.2 Å². The molecule has 0 aromatic carbocycles. The molecular weight excluding hydrogens is 392 g/mol. The van der Waals surface area contributed by atoms with Crippen LogP contribution in [0.3, 0.4) is 0 Å². The Morgan fingerprint density at radius 1 is 1.21 bits per heavy atom. The highest BCUT2D eigenvalue weighted by Gasteiger charge is 2.31. The Balaban J connectivity index is 1.31. The summed E-state index contributed by atoms with van der Waals surface area (Å²) in [6, 6.07) is 1.04. The minimum Gasteiger partial charge on any atom is -0.479 e. The molecule has 2 aromatic rings. The number of morpholine rings is 1. The Morgan fingerprint density at radius 3 is 2.76 bits per heavy atom. The average Bonchev–Trinajstić information content (AvgIpc) is 3.13. The van der Waals surface area contributed by atoms with Crippen molar-refractivity contribution in [2.75, 3.05) is 31.6 Å². The first-order valence-corrected chi connectivity index (χ1v) is 11.2. The van der Waals surface area contributed by atoms with Crippen LogP contribution in [0, 0.1) is 0 Å². The highest BCUT2D eigenvalue weighted by atomic mass is 32.1. The number of aromatic nitrogens is 2. The molecule has 8 nitrogen and oxygen atoms in total. The van der Waals surface area contributed by atoms with Gasteiger partial charge in [0.2, 0.25) is 0 Å². The monoisotopic (exact) mass is 418 g/mol. The molecular formula is C20H26N4O4S. The first-order chi connectivity index (χ1) is 14.2. The molecule has 0 spiro atoms. The number of anilines is 1. The number of carboxylic acid groups (broad SMARTS) is 1. The summed E-state index contributed by atoms with van der Waals surface area (Å²) >= 11 is 1.58. The molecule has 29 heavy (non-hydrogen) atoms. The lowest BCUT2D eigenvalue weighted by Gasteiger charge is -2.39. The van der Waals surface area contributed by atoms with Crippen LogP contribution in [0.5, 0.6) is 0 Å². The molecule has 2 aliphatic heterocycles. The second-order valence-corrected chi connectivity index (χ2v) is 9.13. The van der Waals surface area contributed by atoms with Crippen LogP contribution in [-0.2, 0) is 27.3 Å². The Bertz CT molecular complexity index is 890. The zero-order valence-electron chi connectivity index (χ0n) is 16.3. The summed E-state index contributed by atoms with van der Waals surface area (Å²) in [6.45, 7) is 4.12. The maximum Gasteiger partial charge on any atom is 0.333 e.